The van der Waals surface area contributed by atoms with E-state index in [4.69, 9.17) is 10.1 Å². The highest BCUT2D eigenvalue weighted by Crippen LogP contribution is 2.34. The number of thioether (sulfide) groups is 1. The number of anilines is 1. The molecule has 0 bridgehead atoms. The van der Waals surface area contributed by atoms with Crippen molar-refractivity contribution in [2.24, 2.45) is 5.92 Å². The van der Waals surface area contributed by atoms with Gasteiger partial charge in [-0.05, 0) is 95.0 Å². The minimum atomic E-state index is -5.01. The SMILES string of the molecule is C=CC(C)=O.CC/C=C(/Nc1c(F)/c(=c2/ccc(F)c3c2=C(C#N)C(=N)S3)c(C(F)(F)F)c/c1=C(/C)N(C)C(CC)CCC(C)CC)OC.CN1CCC(S)C1. The van der Waals surface area contributed by atoms with Gasteiger partial charge in [-0.2, -0.15) is 31.1 Å². The average molecular weight is 822 g/mol. The molecule has 0 radical (unpaired) electrons. The summed E-state index contributed by atoms with van der Waals surface area (Å²) in [6.07, 6.45) is 3.16. The van der Waals surface area contributed by atoms with E-state index in [2.05, 4.69) is 50.3 Å². The van der Waals surface area contributed by atoms with Crippen LogP contribution in [0.2, 0.25) is 0 Å². The Hall–Kier alpha value is -3.80. The quantitative estimate of drug-likeness (QED) is 0.0851. The third-order valence-electron chi connectivity index (χ3n) is 9.88. The largest absolute Gasteiger partial charge is 0.483 e. The van der Waals surface area contributed by atoms with Crippen LogP contribution in [-0.4, -0.2) is 66.2 Å². The van der Waals surface area contributed by atoms with Crippen molar-refractivity contribution in [3.8, 4) is 6.07 Å². The number of carbonyl (C=O) groups is 1. The fourth-order valence-corrected chi connectivity index (χ4v) is 7.58. The van der Waals surface area contributed by atoms with Crippen molar-refractivity contribution >= 4 is 52.2 Å². The number of nitrogens with one attached hydrogen (secondary N) is 2. The topological polar surface area (TPSA) is 92.5 Å². The molecule has 2 aliphatic heterocycles. The fraction of sp³-hybridized carbons (Fsp3) is 0.500. The third kappa shape index (κ3) is 12.6. The number of fused-ring (bicyclic) bond motifs is 1. The van der Waals surface area contributed by atoms with E-state index in [0.29, 0.717) is 35.0 Å². The molecule has 56 heavy (non-hydrogen) atoms. The van der Waals surface area contributed by atoms with Crippen molar-refractivity contribution in [1.29, 1.82) is 10.7 Å². The first-order valence-corrected chi connectivity index (χ1v) is 20.0. The number of allylic oxidation sites excluding steroid dienone is 2. The van der Waals surface area contributed by atoms with E-state index in [-0.39, 0.29) is 54.6 Å². The van der Waals surface area contributed by atoms with Crippen LogP contribution in [0.5, 0.6) is 0 Å². The first-order valence-electron chi connectivity index (χ1n) is 18.7. The number of benzene rings is 2. The molecule has 2 aromatic carbocycles. The molecule has 0 aromatic heterocycles. The highest BCUT2D eigenvalue weighted by atomic mass is 32.2. The van der Waals surface area contributed by atoms with Gasteiger partial charge in [-0.1, -0.05) is 58.5 Å². The molecule has 308 valence electrons. The molecule has 0 saturated carbocycles. The number of hydrogen-bond donors (Lipinski definition) is 3. The lowest BCUT2D eigenvalue weighted by molar-refractivity contribution is -0.138. The zero-order valence-electron chi connectivity index (χ0n) is 33.9. The Balaban J connectivity index is 0.000000770. The van der Waals surface area contributed by atoms with Gasteiger partial charge in [0, 0.05) is 46.2 Å². The smallest absolute Gasteiger partial charge is 0.417 e. The highest BCUT2D eigenvalue weighted by molar-refractivity contribution is 8.15. The summed E-state index contributed by atoms with van der Waals surface area (Å²) in [4.78, 5) is 13.7. The van der Waals surface area contributed by atoms with E-state index in [9.17, 15) is 27.6 Å². The molecule has 0 amide bonds. The Kier molecular flexibility index (Phi) is 19.2. The number of ether oxygens (including phenoxy) is 1. The number of alkyl halides is 3. The van der Waals surface area contributed by atoms with Crippen LogP contribution in [0.4, 0.5) is 27.6 Å². The second kappa shape index (κ2) is 22.2. The molecule has 14 heteroatoms. The fourth-order valence-electron chi connectivity index (χ4n) is 6.25. The second-order valence-corrected chi connectivity index (χ2v) is 15.7. The van der Waals surface area contributed by atoms with E-state index in [0.717, 1.165) is 43.9 Å². The summed E-state index contributed by atoms with van der Waals surface area (Å²) in [7, 11) is 5.30. The maximum absolute atomic E-state index is 16.9. The van der Waals surface area contributed by atoms with Crippen LogP contribution in [0.1, 0.15) is 85.6 Å². The zero-order valence-corrected chi connectivity index (χ0v) is 35.6. The van der Waals surface area contributed by atoms with Gasteiger partial charge in [-0.15, -0.1) is 0 Å². The predicted molar refractivity (Wildman–Crippen MR) is 222 cm³/mol. The molecule has 2 aromatic rings. The first kappa shape index (κ1) is 48.3. The average Bonchev–Trinajstić information content (AvgIpc) is 3.71. The van der Waals surface area contributed by atoms with Crippen LogP contribution >= 0.6 is 24.4 Å². The van der Waals surface area contributed by atoms with Gasteiger partial charge < -0.3 is 19.9 Å². The lowest BCUT2D eigenvalue weighted by Gasteiger charge is -2.31. The van der Waals surface area contributed by atoms with E-state index >= 15 is 4.39 Å². The van der Waals surface area contributed by atoms with Crippen molar-refractivity contribution in [2.75, 3.05) is 39.6 Å². The van der Waals surface area contributed by atoms with E-state index in [1.54, 1.807) is 26.1 Å². The Morgan fingerprint density at radius 1 is 1.21 bits per heavy atom. The minimum absolute atomic E-state index is 0.00167. The molecular weight excluding hydrogens is 766 g/mol. The van der Waals surface area contributed by atoms with Gasteiger partial charge >= 0.3 is 6.18 Å². The van der Waals surface area contributed by atoms with Crippen molar-refractivity contribution in [2.45, 2.75) is 102 Å². The van der Waals surface area contributed by atoms with Gasteiger partial charge in [0.05, 0.1) is 28.8 Å². The van der Waals surface area contributed by atoms with Crippen LogP contribution in [-0.2, 0) is 15.7 Å². The highest BCUT2D eigenvalue weighted by Gasteiger charge is 2.35. The number of ketones is 1. The normalized spacial score (nSPS) is 17.7. The van der Waals surface area contributed by atoms with Gasteiger partial charge in [0.25, 0.3) is 0 Å². The Morgan fingerprint density at radius 3 is 2.30 bits per heavy atom. The van der Waals surface area contributed by atoms with Crippen LogP contribution in [0.3, 0.4) is 0 Å². The Bertz CT molecular complexity index is 2020. The standard InChI is InChI=1S/C33H39F5N4OS.C5H11NS.C4H6O/c1-8-11-26(43-7)41-30-22(19(5)42(6)20(10-3)13-12-18(4)9-2)16-24(33(36,37)38)28(29(30)35)21-14-15-25(34)31-27(21)23(17-39)32(40)44-31;1-6-3-2-5(7)4-6;1-3-4(2)5/h11,14-16,18,20,40-41H,8-10,12-13H2,1-7H3;5,7H,2-4H2,1H3;3H,1H2,2H3/b22-19+,26-11-,28-21-,40-32?;;. The van der Waals surface area contributed by atoms with Crippen molar-refractivity contribution in [1.82, 2.24) is 9.80 Å². The van der Waals surface area contributed by atoms with Crippen molar-refractivity contribution in [3.63, 3.8) is 0 Å². The van der Waals surface area contributed by atoms with Gasteiger partial charge in [-0.3, -0.25) is 10.2 Å². The number of halogens is 5. The summed E-state index contributed by atoms with van der Waals surface area (Å²) in [5.74, 6) is -1.40. The summed E-state index contributed by atoms with van der Waals surface area (Å²) < 4.78 is 81.7. The van der Waals surface area contributed by atoms with E-state index in [1.165, 1.54) is 39.6 Å². The Morgan fingerprint density at radius 2 is 1.86 bits per heavy atom. The number of rotatable bonds is 12. The van der Waals surface area contributed by atoms with E-state index in [1.807, 2.05) is 18.7 Å². The van der Waals surface area contributed by atoms with Crippen LogP contribution in [0, 0.1) is 44.7 Å². The lowest BCUT2D eigenvalue weighted by Crippen LogP contribution is -2.34. The number of nitriles is 1. The molecular formula is C42H56F5N5O2S2. The molecule has 4 rings (SSSR count). The zero-order chi connectivity index (χ0) is 42.5. The summed E-state index contributed by atoms with van der Waals surface area (Å²) in [5.41, 5.74) is -1.40. The molecule has 3 unspecified atom stereocenters. The van der Waals surface area contributed by atoms with Gasteiger partial charge in [0.1, 0.15) is 16.9 Å². The lowest BCUT2D eigenvalue weighted by atomic mass is 9.97. The Labute approximate surface area is 338 Å². The molecule has 2 heterocycles. The number of carbonyl (C=O) groups excluding carboxylic acids is 1. The number of thiol groups is 1. The molecule has 7 nitrogen and oxygen atoms in total. The molecule has 0 aliphatic carbocycles. The maximum atomic E-state index is 16.9. The van der Waals surface area contributed by atoms with Crippen molar-refractivity contribution < 1.29 is 31.5 Å². The van der Waals surface area contributed by atoms with Gasteiger partial charge in [-0.25, -0.2) is 8.78 Å². The second-order valence-electron chi connectivity index (χ2n) is 13.9. The number of likely N-dealkylation sites (tertiary alicyclic amines) is 1. The molecule has 2 aliphatic rings. The molecule has 2 N–H and O–H groups in total. The predicted octanol–water partition coefficient (Wildman–Crippen LogP) is 9.38. The first-order chi connectivity index (χ1) is 26.3. The van der Waals surface area contributed by atoms with Crippen LogP contribution < -0.4 is 15.8 Å². The molecule has 0 spiro atoms. The van der Waals surface area contributed by atoms with E-state index < -0.39 is 28.6 Å². The molecule has 1 fully saturated rings. The maximum Gasteiger partial charge on any atom is 0.417 e. The number of nitrogens with zero attached hydrogens (tertiary/aromatic N) is 3. The van der Waals surface area contributed by atoms with Gasteiger partial charge in [0.2, 0.25) is 0 Å². The monoisotopic (exact) mass is 821 g/mol. The summed E-state index contributed by atoms with van der Waals surface area (Å²) in [6, 6.07) is 4.66. The number of hydrogen-bond acceptors (Lipinski definition) is 9. The third-order valence-corrected chi connectivity index (χ3v) is 11.3. The summed E-state index contributed by atoms with van der Waals surface area (Å²) in [5, 5.41) is 19.7. The number of methoxy groups -OCH3 is 1. The summed E-state index contributed by atoms with van der Waals surface area (Å²) in [6.45, 7) is 16.8. The summed E-state index contributed by atoms with van der Waals surface area (Å²) >= 11 is 4.93. The van der Waals surface area contributed by atoms with Crippen LogP contribution in [0.25, 0.3) is 11.3 Å². The molecule has 3 atom stereocenters. The van der Waals surface area contributed by atoms with Gasteiger partial charge in [0.15, 0.2) is 17.5 Å². The molecule has 1 saturated heterocycles. The van der Waals surface area contributed by atoms with Crippen LogP contribution in [0.15, 0.2) is 47.7 Å². The van der Waals surface area contributed by atoms with Crippen molar-refractivity contribution in [3.05, 3.63) is 80.9 Å². The minimum Gasteiger partial charge on any atom is -0.483 e.